The molecule has 1 N–H and O–H groups in total. The van der Waals surface area contributed by atoms with E-state index in [-0.39, 0.29) is 0 Å². The summed E-state index contributed by atoms with van der Waals surface area (Å²) in [7, 11) is 0. The molecule has 0 spiro atoms. The van der Waals surface area contributed by atoms with Crippen molar-refractivity contribution in [3.05, 3.63) is 71.3 Å². The van der Waals surface area contributed by atoms with Gasteiger partial charge in [-0.2, -0.15) is 0 Å². The minimum atomic E-state index is -0.849. The van der Waals surface area contributed by atoms with Gasteiger partial charge < -0.3 is 5.11 Å². The smallest absolute Gasteiger partial charge is 0.335 e. The van der Waals surface area contributed by atoms with Crippen LogP contribution in [0.15, 0.2) is 54.6 Å². The van der Waals surface area contributed by atoms with Crippen molar-refractivity contribution in [2.24, 2.45) is 11.3 Å². The Balaban J connectivity index is 1.37. The molecule has 0 saturated carbocycles. The Morgan fingerprint density at radius 3 is 2.34 bits per heavy atom. The number of likely N-dealkylation sites (tertiary alicyclic amines) is 2. The van der Waals surface area contributed by atoms with Crippen molar-refractivity contribution in [1.29, 1.82) is 0 Å². The van der Waals surface area contributed by atoms with Crippen LogP contribution in [0.2, 0.25) is 0 Å². The van der Waals surface area contributed by atoms with Crippen molar-refractivity contribution in [3.8, 4) is 0 Å². The number of hydrogen-bond acceptors (Lipinski definition) is 3. The van der Waals surface area contributed by atoms with Crippen LogP contribution in [0.3, 0.4) is 0 Å². The second-order valence-electron chi connectivity index (χ2n) is 9.44. The Bertz CT molecular complexity index is 841. The van der Waals surface area contributed by atoms with Gasteiger partial charge in [0.25, 0.3) is 0 Å². The number of rotatable bonds is 6. The summed E-state index contributed by atoms with van der Waals surface area (Å²) in [4.78, 5) is 16.4. The molecule has 4 nitrogen and oxygen atoms in total. The first-order valence-corrected chi connectivity index (χ1v) is 10.7. The fraction of sp³-hybridized carbons (Fsp3) is 0.480. The lowest BCUT2D eigenvalue weighted by Gasteiger charge is -2.59. The summed E-state index contributed by atoms with van der Waals surface area (Å²) in [6.45, 7) is 10.1. The Hall–Kier alpha value is -2.17. The topological polar surface area (TPSA) is 43.8 Å². The quantitative estimate of drug-likeness (QED) is 0.786. The molecule has 4 rings (SSSR count). The monoisotopic (exact) mass is 392 g/mol. The lowest BCUT2D eigenvalue weighted by Crippen LogP contribution is -2.65. The third-order valence-corrected chi connectivity index (χ3v) is 6.69. The van der Waals surface area contributed by atoms with E-state index >= 15 is 0 Å². The number of carboxylic acid groups (broad SMARTS) is 1. The van der Waals surface area contributed by atoms with E-state index < -0.39 is 5.97 Å². The van der Waals surface area contributed by atoms with Crippen LogP contribution in [0.1, 0.15) is 48.2 Å². The number of aromatic carboxylic acids is 1. The Kier molecular flexibility index (Phi) is 5.75. The van der Waals surface area contributed by atoms with Crippen molar-refractivity contribution in [1.82, 2.24) is 9.80 Å². The summed E-state index contributed by atoms with van der Waals surface area (Å²) < 4.78 is 0. The molecule has 2 aliphatic heterocycles. The number of carbonyl (C=O) groups is 1. The highest BCUT2D eigenvalue weighted by molar-refractivity contribution is 5.87. The molecule has 2 aromatic carbocycles. The van der Waals surface area contributed by atoms with Gasteiger partial charge in [0.1, 0.15) is 0 Å². The molecule has 0 aromatic heterocycles. The van der Waals surface area contributed by atoms with Crippen molar-refractivity contribution in [2.45, 2.75) is 45.8 Å². The van der Waals surface area contributed by atoms with Crippen LogP contribution in [0.4, 0.5) is 0 Å². The van der Waals surface area contributed by atoms with Gasteiger partial charge in [0.2, 0.25) is 0 Å². The van der Waals surface area contributed by atoms with Crippen LogP contribution in [0, 0.1) is 11.3 Å². The molecule has 0 amide bonds. The van der Waals surface area contributed by atoms with E-state index in [1.165, 1.54) is 18.4 Å². The maximum absolute atomic E-state index is 11.3. The van der Waals surface area contributed by atoms with Crippen LogP contribution in [-0.2, 0) is 13.1 Å². The van der Waals surface area contributed by atoms with E-state index in [1.807, 2.05) is 12.1 Å². The van der Waals surface area contributed by atoms with Crippen LogP contribution in [-0.4, -0.2) is 46.6 Å². The maximum Gasteiger partial charge on any atom is 0.335 e. The average Bonchev–Trinajstić information content (AvgIpc) is 2.70. The van der Waals surface area contributed by atoms with Gasteiger partial charge in [0.15, 0.2) is 0 Å². The van der Waals surface area contributed by atoms with Gasteiger partial charge in [-0.1, -0.05) is 56.3 Å². The highest BCUT2D eigenvalue weighted by atomic mass is 16.4. The molecule has 2 aliphatic rings. The zero-order valence-corrected chi connectivity index (χ0v) is 17.6. The second-order valence-corrected chi connectivity index (χ2v) is 9.44. The minimum absolute atomic E-state index is 0.330. The summed E-state index contributed by atoms with van der Waals surface area (Å²) in [5, 5.41) is 9.27. The number of benzene rings is 2. The standard InChI is InChI=1S/C25H32N2O2/c1-25(2)18-27(17-20-9-6-10-22(15-20)24(28)29)23(25)21-11-13-26(14-12-21)16-19-7-4-3-5-8-19/h3-10,15,21,23H,11-14,16-18H2,1-2H3,(H,28,29). The van der Waals surface area contributed by atoms with Crippen molar-refractivity contribution in [3.63, 3.8) is 0 Å². The Labute approximate surface area is 174 Å². The first-order chi connectivity index (χ1) is 13.9. The fourth-order valence-corrected chi connectivity index (χ4v) is 5.49. The molecule has 2 saturated heterocycles. The third-order valence-electron chi connectivity index (χ3n) is 6.69. The zero-order valence-electron chi connectivity index (χ0n) is 17.6. The van der Waals surface area contributed by atoms with Gasteiger partial charge in [-0.15, -0.1) is 0 Å². The predicted octanol–water partition coefficient (Wildman–Crippen LogP) is 4.51. The third kappa shape index (κ3) is 4.54. The van der Waals surface area contributed by atoms with Crippen LogP contribution in [0.5, 0.6) is 0 Å². The van der Waals surface area contributed by atoms with E-state index in [9.17, 15) is 9.90 Å². The van der Waals surface area contributed by atoms with Crippen molar-refractivity contribution < 1.29 is 9.90 Å². The molecule has 0 aliphatic carbocycles. The van der Waals surface area contributed by atoms with Gasteiger partial charge in [0.05, 0.1) is 5.56 Å². The molecule has 1 unspecified atom stereocenters. The molecule has 0 bridgehead atoms. The lowest BCUT2D eigenvalue weighted by molar-refractivity contribution is -0.0997. The van der Waals surface area contributed by atoms with Gasteiger partial charge in [-0.3, -0.25) is 9.80 Å². The van der Waals surface area contributed by atoms with Crippen molar-refractivity contribution >= 4 is 5.97 Å². The van der Waals surface area contributed by atoms with Crippen LogP contribution in [0.25, 0.3) is 0 Å². The molecular weight excluding hydrogens is 360 g/mol. The molecule has 4 heteroatoms. The molecule has 29 heavy (non-hydrogen) atoms. The van der Waals surface area contributed by atoms with E-state index in [2.05, 4.69) is 60.0 Å². The molecule has 2 heterocycles. The largest absolute Gasteiger partial charge is 0.478 e. The first-order valence-electron chi connectivity index (χ1n) is 10.7. The normalized spacial score (nSPS) is 22.9. The number of hydrogen-bond donors (Lipinski definition) is 1. The van der Waals surface area contributed by atoms with E-state index in [0.717, 1.165) is 38.3 Å². The molecule has 154 valence electrons. The minimum Gasteiger partial charge on any atom is -0.478 e. The van der Waals surface area contributed by atoms with Crippen LogP contribution >= 0.6 is 0 Å². The van der Waals surface area contributed by atoms with E-state index in [1.54, 1.807) is 6.07 Å². The van der Waals surface area contributed by atoms with Gasteiger partial charge in [-0.25, -0.2) is 4.79 Å². The highest BCUT2D eigenvalue weighted by Crippen LogP contribution is 2.45. The summed E-state index contributed by atoms with van der Waals surface area (Å²) >= 11 is 0. The predicted molar refractivity (Wildman–Crippen MR) is 116 cm³/mol. The van der Waals surface area contributed by atoms with E-state index in [0.29, 0.717) is 22.9 Å². The Morgan fingerprint density at radius 2 is 1.69 bits per heavy atom. The summed E-state index contributed by atoms with van der Waals surface area (Å²) in [5.41, 5.74) is 3.21. The summed E-state index contributed by atoms with van der Waals surface area (Å²) in [6, 6.07) is 18.7. The molecule has 0 radical (unpaired) electrons. The zero-order chi connectivity index (χ0) is 20.4. The molecule has 2 fully saturated rings. The van der Waals surface area contributed by atoms with Gasteiger partial charge in [-0.05, 0) is 60.5 Å². The number of nitrogens with zero attached hydrogens (tertiary/aromatic N) is 2. The molecular formula is C25H32N2O2. The van der Waals surface area contributed by atoms with Gasteiger partial charge in [0, 0.05) is 25.7 Å². The van der Waals surface area contributed by atoms with Crippen LogP contribution < -0.4 is 0 Å². The Morgan fingerprint density at radius 1 is 1.00 bits per heavy atom. The van der Waals surface area contributed by atoms with E-state index in [4.69, 9.17) is 0 Å². The summed E-state index contributed by atoms with van der Waals surface area (Å²) in [5.74, 6) is -0.133. The maximum atomic E-state index is 11.3. The molecule has 2 aromatic rings. The number of carboxylic acids is 1. The second kappa shape index (κ2) is 8.29. The number of piperidine rings is 1. The highest BCUT2D eigenvalue weighted by Gasteiger charge is 2.49. The van der Waals surface area contributed by atoms with Crippen molar-refractivity contribution in [2.75, 3.05) is 19.6 Å². The van der Waals surface area contributed by atoms with Gasteiger partial charge >= 0.3 is 5.97 Å². The first kappa shape index (κ1) is 20.1. The lowest BCUT2D eigenvalue weighted by atomic mass is 9.66. The average molecular weight is 393 g/mol. The SMILES string of the molecule is CC1(C)CN(Cc2cccc(C(=O)O)c2)C1C1CCN(Cc2ccccc2)CC1. The molecule has 1 atom stereocenters. The fourth-order valence-electron chi connectivity index (χ4n) is 5.49. The summed E-state index contributed by atoms with van der Waals surface area (Å²) in [6.07, 6.45) is 2.49.